The van der Waals surface area contributed by atoms with Gasteiger partial charge < -0.3 is 30.3 Å². The van der Waals surface area contributed by atoms with E-state index in [1.165, 1.54) is 24.3 Å². The molecule has 0 bridgehead atoms. The summed E-state index contributed by atoms with van der Waals surface area (Å²) >= 11 is 0. The van der Waals surface area contributed by atoms with E-state index in [9.17, 15) is 20.1 Å². The minimum absolute atomic E-state index is 0.0221. The van der Waals surface area contributed by atoms with Crippen LogP contribution < -0.4 is 0 Å². The highest BCUT2D eigenvalue weighted by molar-refractivity contribution is 5.96. The van der Waals surface area contributed by atoms with Crippen molar-refractivity contribution in [2.75, 3.05) is 6.61 Å². The predicted octanol–water partition coefficient (Wildman–Crippen LogP) is -0.988. The molecule has 0 amide bonds. The number of carbonyl (C=O) groups excluding carboxylic acids is 1. The summed E-state index contributed by atoms with van der Waals surface area (Å²) in [6, 6.07) is 5.56. The van der Waals surface area contributed by atoms with Gasteiger partial charge in [-0.1, -0.05) is 0 Å². The van der Waals surface area contributed by atoms with E-state index in [1.54, 1.807) is 0 Å². The molecule has 1 saturated heterocycles. The SMILES string of the molecule is O=C(C[C@@H]1C(O)O[C@H](CO)[C@@H](O)[C@@H]1O)c1ccc(O)cc1. The summed E-state index contributed by atoms with van der Waals surface area (Å²) in [5.41, 5.74) is 0.311. The van der Waals surface area contributed by atoms with E-state index in [2.05, 4.69) is 0 Å². The van der Waals surface area contributed by atoms with Gasteiger partial charge in [0, 0.05) is 17.9 Å². The third kappa shape index (κ3) is 3.39. The fourth-order valence-electron chi connectivity index (χ4n) is 2.35. The summed E-state index contributed by atoms with van der Waals surface area (Å²) < 4.78 is 4.99. The first-order chi connectivity index (χ1) is 9.93. The lowest BCUT2D eigenvalue weighted by molar-refractivity contribution is -0.268. The van der Waals surface area contributed by atoms with Crippen LogP contribution >= 0.6 is 0 Å². The van der Waals surface area contributed by atoms with Crippen molar-refractivity contribution in [1.29, 1.82) is 0 Å². The third-order valence-electron chi connectivity index (χ3n) is 3.64. The largest absolute Gasteiger partial charge is 0.508 e. The number of Topliss-reactive ketones (excluding diaryl/α,β-unsaturated/α-hetero) is 1. The Morgan fingerprint density at radius 3 is 2.29 bits per heavy atom. The molecule has 0 saturated carbocycles. The molecule has 5 atom stereocenters. The molecule has 2 rings (SSSR count). The van der Waals surface area contributed by atoms with E-state index in [0.717, 1.165) is 0 Å². The standard InChI is InChI=1S/C14H18O7/c15-6-11-13(19)12(18)9(14(20)21-11)5-10(17)7-1-3-8(16)4-2-7/h1-4,9,11-16,18-20H,5-6H2/t9-,11+,12+,13+,14?/m0/s1. The number of aliphatic hydroxyl groups is 4. The lowest BCUT2D eigenvalue weighted by atomic mass is 9.86. The predicted molar refractivity (Wildman–Crippen MR) is 70.5 cm³/mol. The molecular weight excluding hydrogens is 280 g/mol. The zero-order chi connectivity index (χ0) is 15.6. The number of aliphatic hydroxyl groups excluding tert-OH is 4. The average molecular weight is 298 g/mol. The van der Waals surface area contributed by atoms with Crippen LogP contribution in [-0.4, -0.2) is 62.5 Å². The van der Waals surface area contributed by atoms with Gasteiger partial charge in [0.2, 0.25) is 0 Å². The van der Waals surface area contributed by atoms with E-state index in [0.29, 0.717) is 5.56 Å². The van der Waals surface area contributed by atoms with Crippen molar-refractivity contribution in [3.63, 3.8) is 0 Å². The number of phenols is 1. The lowest BCUT2D eigenvalue weighted by Crippen LogP contribution is -2.56. The first-order valence-corrected chi connectivity index (χ1v) is 6.56. The Labute approximate surface area is 121 Å². The molecule has 21 heavy (non-hydrogen) atoms. The molecule has 7 heteroatoms. The maximum absolute atomic E-state index is 12.1. The minimum Gasteiger partial charge on any atom is -0.508 e. The summed E-state index contributed by atoms with van der Waals surface area (Å²) in [4.78, 5) is 12.1. The molecule has 0 aliphatic carbocycles. The number of rotatable bonds is 4. The number of carbonyl (C=O) groups is 1. The number of aromatic hydroxyl groups is 1. The maximum atomic E-state index is 12.1. The van der Waals surface area contributed by atoms with Crippen LogP contribution in [0.25, 0.3) is 0 Å². The Morgan fingerprint density at radius 1 is 1.10 bits per heavy atom. The molecule has 0 aromatic heterocycles. The monoisotopic (exact) mass is 298 g/mol. The van der Waals surface area contributed by atoms with Crippen LogP contribution in [-0.2, 0) is 4.74 Å². The Balaban J connectivity index is 2.07. The molecule has 1 aromatic rings. The van der Waals surface area contributed by atoms with Crippen molar-refractivity contribution in [1.82, 2.24) is 0 Å². The number of hydrogen-bond acceptors (Lipinski definition) is 7. The summed E-state index contributed by atoms with van der Waals surface area (Å²) in [7, 11) is 0. The molecule has 0 radical (unpaired) electrons. The summed E-state index contributed by atoms with van der Waals surface area (Å²) in [6.45, 7) is -0.548. The Morgan fingerprint density at radius 2 is 1.71 bits per heavy atom. The second-order valence-electron chi connectivity index (χ2n) is 5.07. The molecule has 7 nitrogen and oxygen atoms in total. The van der Waals surface area contributed by atoms with Gasteiger partial charge in [0.25, 0.3) is 0 Å². The zero-order valence-electron chi connectivity index (χ0n) is 11.2. The molecule has 5 N–H and O–H groups in total. The molecule has 1 aromatic carbocycles. The van der Waals surface area contributed by atoms with Gasteiger partial charge in [0.1, 0.15) is 18.0 Å². The van der Waals surface area contributed by atoms with Crippen molar-refractivity contribution in [2.45, 2.75) is 31.0 Å². The number of benzene rings is 1. The average Bonchev–Trinajstić information content (AvgIpc) is 2.47. The van der Waals surface area contributed by atoms with Gasteiger partial charge in [-0.05, 0) is 24.3 Å². The quantitative estimate of drug-likeness (QED) is 0.452. The van der Waals surface area contributed by atoms with Gasteiger partial charge in [0.05, 0.1) is 12.7 Å². The van der Waals surface area contributed by atoms with Gasteiger partial charge in [-0.2, -0.15) is 0 Å². The zero-order valence-corrected chi connectivity index (χ0v) is 11.2. The fraction of sp³-hybridized carbons (Fsp3) is 0.500. The van der Waals surface area contributed by atoms with Gasteiger partial charge in [0.15, 0.2) is 12.1 Å². The Hall–Kier alpha value is -1.51. The van der Waals surface area contributed by atoms with E-state index < -0.39 is 37.1 Å². The van der Waals surface area contributed by atoms with Crippen LogP contribution in [0.4, 0.5) is 0 Å². The van der Waals surface area contributed by atoms with Gasteiger partial charge in [-0.25, -0.2) is 0 Å². The van der Waals surface area contributed by atoms with Gasteiger partial charge in [-0.15, -0.1) is 0 Å². The van der Waals surface area contributed by atoms with Crippen molar-refractivity contribution < 1.29 is 35.1 Å². The fourth-order valence-corrected chi connectivity index (χ4v) is 2.35. The molecule has 0 spiro atoms. The highest BCUT2D eigenvalue weighted by Gasteiger charge is 2.44. The molecule has 1 aliphatic heterocycles. The summed E-state index contributed by atoms with van der Waals surface area (Å²) in [5, 5.41) is 47.7. The highest BCUT2D eigenvalue weighted by Crippen LogP contribution is 2.28. The normalized spacial score (nSPS) is 32.9. The van der Waals surface area contributed by atoms with Crippen LogP contribution in [0.2, 0.25) is 0 Å². The molecular formula is C14H18O7. The van der Waals surface area contributed by atoms with Crippen molar-refractivity contribution >= 4 is 5.78 Å². The topological polar surface area (TPSA) is 127 Å². The van der Waals surface area contributed by atoms with Crippen LogP contribution in [0.15, 0.2) is 24.3 Å². The summed E-state index contributed by atoms with van der Waals surface area (Å²) in [6.07, 6.45) is -5.54. The Bertz CT molecular complexity index is 487. The van der Waals surface area contributed by atoms with Crippen LogP contribution in [0.1, 0.15) is 16.8 Å². The van der Waals surface area contributed by atoms with E-state index in [1.807, 2.05) is 0 Å². The van der Waals surface area contributed by atoms with Crippen LogP contribution in [0, 0.1) is 5.92 Å². The number of hydrogen-bond donors (Lipinski definition) is 5. The third-order valence-corrected chi connectivity index (χ3v) is 3.64. The smallest absolute Gasteiger partial charge is 0.163 e. The molecule has 1 aliphatic rings. The Kier molecular flexibility index (Phi) is 4.92. The number of ketones is 1. The molecule has 1 unspecified atom stereocenters. The summed E-state index contributed by atoms with van der Waals surface area (Å²) in [5.74, 6) is -1.34. The van der Waals surface area contributed by atoms with Crippen molar-refractivity contribution in [3.8, 4) is 5.75 Å². The first kappa shape index (κ1) is 15.9. The molecule has 1 heterocycles. The molecule has 1 fully saturated rings. The highest BCUT2D eigenvalue weighted by atomic mass is 16.6. The van der Waals surface area contributed by atoms with Gasteiger partial charge >= 0.3 is 0 Å². The van der Waals surface area contributed by atoms with Crippen molar-refractivity contribution in [3.05, 3.63) is 29.8 Å². The minimum atomic E-state index is -1.46. The number of phenolic OH excluding ortho intramolecular Hbond substituents is 1. The maximum Gasteiger partial charge on any atom is 0.163 e. The first-order valence-electron chi connectivity index (χ1n) is 6.56. The van der Waals surface area contributed by atoms with Crippen molar-refractivity contribution in [2.24, 2.45) is 5.92 Å². The van der Waals surface area contributed by atoms with E-state index >= 15 is 0 Å². The van der Waals surface area contributed by atoms with Crippen LogP contribution in [0.5, 0.6) is 5.75 Å². The number of ether oxygens (including phenoxy) is 1. The second kappa shape index (κ2) is 6.50. The second-order valence-corrected chi connectivity index (χ2v) is 5.07. The van der Waals surface area contributed by atoms with Crippen LogP contribution in [0.3, 0.4) is 0 Å². The molecule has 116 valence electrons. The lowest BCUT2D eigenvalue weighted by Gasteiger charge is -2.39. The van der Waals surface area contributed by atoms with E-state index in [-0.39, 0.29) is 18.0 Å². The van der Waals surface area contributed by atoms with Gasteiger partial charge in [-0.3, -0.25) is 4.79 Å². The van der Waals surface area contributed by atoms with E-state index in [4.69, 9.17) is 14.9 Å².